The molecule has 0 aliphatic heterocycles. The summed E-state index contributed by atoms with van der Waals surface area (Å²) in [6.45, 7) is 0. The monoisotopic (exact) mass is 428 g/mol. The van der Waals surface area contributed by atoms with Crippen LogP contribution in [0.1, 0.15) is 5.56 Å². The molecule has 0 spiro atoms. The van der Waals surface area contributed by atoms with Crippen molar-refractivity contribution in [1.82, 2.24) is 14.9 Å². The smallest absolute Gasteiger partial charge is 0.264 e. The van der Waals surface area contributed by atoms with Crippen LogP contribution in [0.2, 0.25) is 0 Å². The van der Waals surface area contributed by atoms with Gasteiger partial charge in [-0.05, 0) is 42.0 Å². The van der Waals surface area contributed by atoms with Gasteiger partial charge < -0.3 is 16.1 Å². The number of aromatic nitrogens is 3. The second-order valence-corrected chi connectivity index (χ2v) is 7.32. The third-order valence-corrected chi connectivity index (χ3v) is 4.86. The molecule has 0 fully saturated rings. The van der Waals surface area contributed by atoms with Crippen LogP contribution in [0.15, 0.2) is 58.8 Å². The van der Waals surface area contributed by atoms with Gasteiger partial charge in [0.2, 0.25) is 11.1 Å². The van der Waals surface area contributed by atoms with Gasteiger partial charge in [-0.1, -0.05) is 23.9 Å². The first kappa shape index (κ1) is 21.1. The fourth-order valence-electron chi connectivity index (χ4n) is 2.34. The number of hydrogen-bond donors (Lipinski definition) is 3. The number of nitrogens with two attached hydrogens (primary N) is 1. The Bertz CT molecular complexity index is 1020. The number of carbonyl (C=O) groups excluding carboxylic acids is 1. The highest BCUT2D eigenvalue weighted by atomic mass is 32.2. The number of nitrogen functional groups attached to an aromatic ring is 1. The van der Waals surface area contributed by atoms with Crippen molar-refractivity contribution in [3.8, 4) is 0 Å². The summed E-state index contributed by atoms with van der Waals surface area (Å²) in [4.78, 5) is 14.0. The molecule has 1 heterocycles. The molecule has 156 valence electrons. The lowest BCUT2D eigenvalue weighted by molar-refractivity contribution is -0.113. The van der Waals surface area contributed by atoms with Crippen LogP contribution in [0.5, 0.6) is 0 Å². The summed E-state index contributed by atoms with van der Waals surface area (Å²) in [7, 11) is 3.95. The van der Waals surface area contributed by atoms with Crippen LogP contribution < -0.4 is 21.5 Å². The van der Waals surface area contributed by atoms with Crippen LogP contribution >= 0.6 is 11.8 Å². The van der Waals surface area contributed by atoms with Gasteiger partial charge in [0.15, 0.2) is 0 Å². The molecule has 0 atom stereocenters. The van der Waals surface area contributed by atoms with Gasteiger partial charge in [-0.25, -0.2) is 14.5 Å². The van der Waals surface area contributed by atoms with E-state index in [1.807, 2.05) is 43.3 Å². The third-order valence-electron chi connectivity index (χ3n) is 3.91. The normalized spacial score (nSPS) is 10.9. The fraction of sp³-hybridized carbons (Fsp3) is 0.158. The zero-order valence-corrected chi connectivity index (χ0v) is 17.2. The van der Waals surface area contributed by atoms with Crippen molar-refractivity contribution < 1.29 is 9.18 Å². The first-order chi connectivity index (χ1) is 14.4. The number of hydrogen-bond acceptors (Lipinski definition) is 8. The Morgan fingerprint density at radius 1 is 1.20 bits per heavy atom. The van der Waals surface area contributed by atoms with Gasteiger partial charge in [0.05, 0.1) is 12.0 Å². The highest BCUT2D eigenvalue weighted by molar-refractivity contribution is 7.99. The van der Waals surface area contributed by atoms with E-state index in [0.717, 1.165) is 23.0 Å². The lowest BCUT2D eigenvalue weighted by atomic mass is 10.2. The second-order valence-electron chi connectivity index (χ2n) is 6.38. The molecular formula is C19H21FN8OS. The van der Waals surface area contributed by atoms with Gasteiger partial charge in [-0.15, -0.1) is 10.2 Å². The fourth-order valence-corrected chi connectivity index (χ4v) is 2.99. The Morgan fingerprint density at radius 3 is 2.57 bits per heavy atom. The lowest BCUT2D eigenvalue weighted by Gasteiger charge is -2.11. The Kier molecular flexibility index (Phi) is 6.86. The van der Waals surface area contributed by atoms with Crippen molar-refractivity contribution in [2.45, 2.75) is 5.16 Å². The van der Waals surface area contributed by atoms with Gasteiger partial charge >= 0.3 is 0 Å². The van der Waals surface area contributed by atoms with Crippen molar-refractivity contribution in [2.75, 3.05) is 41.3 Å². The molecule has 1 amide bonds. The second kappa shape index (κ2) is 9.74. The highest BCUT2D eigenvalue weighted by Crippen LogP contribution is 2.17. The van der Waals surface area contributed by atoms with Crippen LogP contribution in [-0.4, -0.2) is 46.8 Å². The number of hydrazone groups is 1. The number of benzene rings is 2. The Balaban J connectivity index is 1.51. The van der Waals surface area contributed by atoms with E-state index in [9.17, 15) is 9.18 Å². The number of thioether (sulfide) groups is 1. The molecule has 1 aromatic heterocycles. The van der Waals surface area contributed by atoms with Crippen LogP contribution in [0.25, 0.3) is 0 Å². The summed E-state index contributed by atoms with van der Waals surface area (Å²) in [5.41, 5.74) is 5.23. The van der Waals surface area contributed by atoms with E-state index in [1.54, 1.807) is 6.21 Å². The summed E-state index contributed by atoms with van der Waals surface area (Å²) in [6, 6.07) is 13.4. The number of nitrogens with one attached hydrogen (secondary N) is 2. The molecular weight excluding hydrogens is 407 g/mol. The number of anilines is 3. The van der Waals surface area contributed by atoms with Crippen LogP contribution in [-0.2, 0) is 4.79 Å². The van der Waals surface area contributed by atoms with E-state index in [2.05, 4.69) is 26.0 Å². The quantitative estimate of drug-likeness (QED) is 0.218. The van der Waals surface area contributed by atoms with Crippen molar-refractivity contribution in [1.29, 1.82) is 0 Å². The van der Waals surface area contributed by atoms with E-state index >= 15 is 0 Å². The Labute approximate surface area is 177 Å². The zero-order valence-electron chi connectivity index (χ0n) is 16.4. The molecule has 0 radical (unpaired) electrons. The largest absolute Gasteiger partial charge is 0.378 e. The molecule has 9 nitrogen and oxygen atoms in total. The minimum atomic E-state index is -0.369. The van der Waals surface area contributed by atoms with Crippen LogP contribution in [0.3, 0.4) is 0 Å². The molecule has 0 saturated carbocycles. The topological polar surface area (TPSA) is 113 Å². The summed E-state index contributed by atoms with van der Waals surface area (Å²) in [6.07, 6.45) is 1.64. The molecule has 2 aromatic carbocycles. The maximum absolute atomic E-state index is 12.9. The highest BCUT2D eigenvalue weighted by Gasteiger charge is 2.12. The molecule has 11 heteroatoms. The molecule has 0 saturated heterocycles. The predicted octanol–water partition coefficient (Wildman–Crippen LogP) is 2.37. The number of carbonyl (C=O) groups is 1. The number of nitrogens with zero attached hydrogens (tertiary/aromatic N) is 5. The first-order valence-electron chi connectivity index (χ1n) is 8.87. The molecule has 30 heavy (non-hydrogen) atoms. The summed E-state index contributed by atoms with van der Waals surface area (Å²) >= 11 is 1.11. The summed E-state index contributed by atoms with van der Waals surface area (Å²) < 4.78 is 14.1. The van der Waals surface area contributed by atoms with E-state index in [-0.39, 0.29) is 23.4 Å². The molecule has 0 bridgehead atoms. The van der Waals surface area contributed by atoms with E-state index in [4.69, 9.17) is 5.84 Å². The number of halogens is 1. The average molecular weight is 428 g/mol. The van der Waals surface area contributed by atoms with Crippen molar-refractivity contribution in [3.63, 3.8) is 0 Å². The standard InChI is InChI=1S/C19H21FN8OS/c1-27(2)16-9-3-13(4-10-16)11-22-24-18-25-26-19(28(18)21)30-12-17(29)23-15-7-5-14(20)6-8-15/h3-11H,12,21H2,1-2H3,(H,23,29)(H,24,25)/b22-11+. The van der Waals surface area contributed by atoms with Gasteiger partial charge in [-0.2, -0.15) is 5.10 Å². The van der Waals surface area contributed by atoms with E-state index in [0.29, 0.717) is 10.8 Å². The zero-order chi connectivity index (χ0) is 21.5. The first-order valence-corrected chi connectivity index (χ1v) is 9.86. The Hall–Kier alpha value is -3.60. The van der Waals surface area contributed by atoms with Gasteiger partial charge in [0.1, 0.15) is 5.82 Å². The van der Waals surface area contributed by atoms with Crippen LogP contribution in [0, 0.1) is 5.82 Å². The van der Waals surface area contributed by atoms with Gasteiger partial charge in [0.25, 0.3) is 5.95 Å². The van der Waals surface area contributed by atoms with E-state index < -0.39 is 0 Å². The molecule has 3 rings (SSSR count). The van der Waals surface area contributed by atoms with Gasteiger partial charge in [0, 0.05) is 25.5 Å². The maximum Gasteiger partial charge on any atom is 0.264 e. The molecule has 0 unspecified atom stereocenters. The molecule has 3 aromatic rings. The van der Waals surface area contributed by atoms with Crippen molar-refractivity contribution in [2.24, 2.45) is 5.10 Å². The van der Waals surface area contributed by atoms with Crippen LogP contribution in [0.4, 0.5) is 21.7 Å². The number of rotatable bonds is 8. The molecule has 0 aliphatic rings. The number of amides is 1. The van der Waals surface area contributed by atoms with E-state index in [1.165, 1.54) is 28.9 Å². The minimum Gasteiger partial charge on any atom is -0.378 e. The molecule has 4 N–H and O–H groups in total. The van der Waals surface area contributed by atoms with Crippen molar-refractivity contribution >= 4 is 41.2 Å². The third kappa shape index (κ3) is 5.70. The van der Waals surface area contributed by atoms with Gasteiger partial charge in [-0.3, -0.25) is 4.79 Å². The lowest BCUT2D eigenvalue weighted by Crippen LogP contribution is -2.16. The minimum absolute atomic E-state index is 0.0637. The summed E-state index contributed by atoms with van der Waals surface area (Å²) in [5.74, 6) is 5.60. The average Bonchev–Trinajstić information content (AvgIpc) is 3.08. The Morgan fingerprint density at radius 2 is 1.90 bits per heavy atom. The van der Waals surface area contributed by atoms with Crippen molar-refractivity contribution in [3.05, 3.63) is 59.9 Å². The maximum atomic E-state index is 12.9. The molecule has 0 aliphatic carbocycles. The predicted molar refractivity (Wildman–Crippen MR) is 118 cm³/mol. The summed E-state index contributed by atoms with van der Waals surface area (Å²) in [5, 5.41) is 15.0. The SMILES string of the molecule is CN(C)c1ccc(/C=N/Nc2nnc(SCC(=O)Nc3ccc(F)cc3)n2N)cc1.